The Bertz CT molecular complexity index is 1290. The van der Waals surface area contributed by atoms with Gasteiger partial charge in [0.2, 0.25) is 0 Å². The molecule has 0 saturated carbocycles. The molecule has 1 aromatic carbocycles. The molecule has 3 heterocycles. The van der Waals surface area contributed by atoms with Gasteiger partial charge in [0.1, 0.15) is 11.3 Å². The Morgan fingerprint density at radius 3 is 2.31 bits per heavy atom. The van der Waals surface area contributed by atoms with E-state index in [1.54, 1.807) is 12.4 Å². The summed E-state index contributed by atoms with van der Waals surface area (Å²) < 4.78 is 5.86. The maximum absolute atomic E-state index is 11.7. The maximum Gasteiger partial charge on any atom is 0.162 e. The molecule has 0 atom stereocenters. The predicted octanol–water partition coefficient (Wildman–Crippen LogP) is 8.02. The number of nitrogens with zero attached hydrogens (tertiary/aromatic N) is 2. The van der Waals surface area contributed by atoms with E-state index in [0.29, 0.717) is 0 Å². The molecule has 36 heavy (non-hydrogen) atoms. The quantitative estimate of drug-likeness (QED) is 0.117. The van der Waals surface area contributed by atoms with E-state index in [0.717, 1.165) is 64.6 Å². The molecule has 3 aromatic heterocycles. The zero-order valence-corrected chi connectivity index (χ0v) is 24.1. The topological polar surface area (TPSA) is 76.2 Å². The number of para-hydroxylation sites is 1. The molecule has 193 valence electrons. The van der Waals surface area contributed by atoms with Gasteiger partial charge in [-0.1, -0.05) is 45.9 Å². The minimum absolute atomic E-state index is 0. The number of aliphatic hydroxyl groups is 1. The van der Waals surface area contributed by atoms with Gasteiger partial charge in [-0.3, -0.25) is 9.78 Å². The average Bonchev–Trinajstić information content (AvgIpc) is 3.27. The standard InChI is InChI=1S/C17H11N2O.C13H24O2.Ir/c1-11-10-14-13-4-2-3-5-15(13)19-16(17(14)20-11)12-6-8-18-9-7-12;1-5-10(6-2)12(14)9-13(15)11(7-3)8-4;/h2-6,8-10H,1H3;9-11,14H,5-8H2,1-4H3;/q-1;;/b;12-9-;. The van der Waals surface area contributed by atoms with Crippen molar-refractivity contribution >= 4 is 27.7 Å². The number of benzene rings is 1. The van der Waals surface area contributed by atoms with Gasteiger partial charge in [0, 0.05) is 54.5 Å². The first kappa shape index (κ1) is 29.4. The van der Waals surface area contributed by atoms with Crippen LogP contribution in [0.2, 0.25) is 0 Å². The van der Waals surface area contributed by atoms with Crippen molar-refractivity contribution in [3.63, 3.8) is 0 Å². The number of fused-ring (bicyclic) bond motifs is 3. The predicted molar refractivity (Wildman–Crippen MR) is 142 cm³/mol. The monoisotopic (exact) mass is 664 g/mol. The van der Waals surface area contributed by atoms with E-state index in [-0.39, 0.29) is 43.5 Å². The maximum atomic E-state index is 11.7. The number of carbonyl (C=O) groups is 1. The van der Waals surface area contributed by atoms with Crippen LogP contribution >= 0.6 is 0 Å². The second-order valence-electron chi connectivity index (χ2n) is 8.73. The van der Waals surface area contributed by atoms with Crippen LogP contribution in [-0.2, 0) is 24.9 Å². The van der Waals surface area contributed by atoms with Gasteiger partial charge in [0.05, 0.1) is 11.3 Å². The molecule has 0 unspecified atom stereocenters. The van der Waals surface area contributed by atoms with Crippen LogP contribution in [0.5, 0.6) is 0 Å². The number of ketones is 1. The Morgan fingerprint density at radius 1 is 1.03 bits per heavy atom. The SMILES string of the molecule is CCC(CC)C(=O)/C=C(\O)C(CC)CC.Cc1cc2c(o1)c(-c1[c-]cncc1)nc1ccccc12.[Ir]. The minimum atomic E-state index is 0. The number of aliphatic hydroxyl groups excluding tert-OH is 1. The smallest absolute Gasteiger partial charge is 0.162 e. The van der Waals surface area contributed by atoms with E-state index in [1.807, 2.05) is 58.9 Å². The Balaban J connectivity index is 0.000000260. The number of furan rings is 1. The van der Waals surface area contributed by atoms with Gasteiger partial charge in [0.25, 0.3) is 0 Å². The van der Waals surface area contributed by atoms with Gasteiger partial charge in [-0.05, 0) is 57.1 Å². The van der Waals surface area contributed by atoms with Crippen molar-refractivity contribution in [3.8, 4) is 11.3 Å². The van der Waals surface area contributed by atoms with Crippen LogP contribution in [0.3, 0.4) is 0 Å². The van der Waals surface area contributed by atoms with Crippen molar-refractivity contribution in [2.45, 2.75) is 60.3 Å². The minimum Gasteiger partial charge on any atom is -0.512 e. The first-order valence-electron chi connectivity index (χ1n) is 12.5. The third-order valence-electron chi connectivity index (χ3n) is 6.46. The molecule has 4 rings (SSSR count). The molecule has 0 bridgehead atoms. The first-order chi connectivity index (χ1) is 16.9. The average molecular weight is 664 g/mol. The van der Waals surface area contributed by atoms with Gasteiger partial charge in [-0.2, -0.15) is 11.6 Å². The number of aryl methyl sites for hydroxylation is 1. The number of aromatic nitrogens is 2. The van der Waals surface area contributed by atoms with Crippen molar-refractivity contribution in [3.05, 3.63) is 72.5 Å². The van der Waals surface area contributed by atoms with Crippen molar-refractivity contribution < 1.29 is 34.4 Å². The third kappa shape index (κ3) is 6.89. The van der Waals surface area contributed by atoms with E-state index in [4.69, 9.17) is 9.40 Å². The number of carbonyl (C=O) groups excluding carboxylic acids is 1. The second-order valence-corrected chi connectivity index (χ2v) is 8.73. The van der Waals surface area contributed by atoms with E-state index < -0.39 is 0 Å². The molecule has 0 aliphatic heterocycles. The fraction of sp³-hybridized carbons (Fsp3) is 0.367. The fourth-order valence-electron chi connectivity index (χ4n) is 4.29. The van der Waals surface area contributed by atoms with Gasteiger partial charge >= 0.3 is 0 Å². The summed E-state index contributed by atoms with van der Waals surface area (Å²) in [5, 5.41) is 12.0. The summed E-state index contributed by atoms with van der Waals surface area (Å²) >= 11 is 0. The van der Waals surface area contributed by atoms with Crippen LogP contribution in [0.4, 0.5) is 0 Å². The van der Waals surface area contributed by atoms with Crippen molar-refractivity contribution in [1.29, 1.82) is 0 Å². The van der Waals surface area contributed by atoms with Gasteiger partial charge < -0.3 is 14.5 Å². The molecule has 4 aromatic rings. The number of rotatable bonds is 8. The van der Waals surface area contributed by atoms with E-state index in [9.17, 15) is 9.90 Å². The summed E-state index contributed by atoms with van der Waals surface area (Å²) in [4.78, 5) is 20.5. The van der Waals surface area contributed by atoms with E-state index >= 15 is 0 Å². The fourth-order valence-corrected chi connectivity index (χ4v) is 4.29. The molecule has 0 saturated heterocycles. The van der Waals surface area contributed by atoms with Gasteiger partial charge in [-0.15, -0.1) is 6.07 Å². The molecule has 0 amide bonds. The van der Waals surface area contributed by atoms with Crippen molar-refractivity contribution in [1.82, 2.24) is 9.97 Å². The Morgan fingerprint density at radius 2 is 1.69 bits per heavy atom. The molecule has 5 nitrogen and oxygen atoms in total. The Labute approximate surface area is 227 Å². The van der Waals surface area contributed by atoms with Crippen LogP contribution in [0.1, 0.15) is 59.1 Å². The molecule has 0 spiro atoms. The molecule has 6 heteroatoms. The van der Waals surface area contributed by atoms with Crippen LogP contribution < -0.4 is 0 Å². The first-order valence-corrected chi connectivity index (χ1v) is 12.5. The van der Waals surface area contributed by atoms with E-state index in [1.165, 1.54) is 6.08 Å². The Hall–Kier alpha value is -2.82. The summed E-state index contributed by atoms with van der Waals surface area (Å²) in [6.07, 6.45) is 8.29. The summed E-state index contributed by atoms with van der Waals surface area (Å²) in [6, 6.07) is 15.2. The van der Waals surface area contributed by atoms with Gasteiger partial charge in [0.15, 0.2) is 5.78 Å². The number of hydrogen-bond acceptors (Lipinski definition) is 5. The summed E-state index contributed by atoms with van der Waals surface area (Å²) in [5.41, 5.74) is 3.48. The number of hydrogen-bond donors (Lipinski definition) is 1. The molecule has 0 fully saturated rings. The normalized spacial score (nSPS) is 11.5. The van der Waals surface area contributed by atoms with Crippen LogP contribution in [-0.4, -0.2) is 20.9 Å². The van der Waals surface area contributed by atoms with Gasteiger partial charge in [-0.25, -0.2) is 0 Å². The third-order valence-corrected chi connectivity index (χ3v) is 6.46. The Kier molecular flexibility index (Phi) is 11.5. The second kappa shape index (κ2) is 14.1. The molecule has 1 N–H and O–H groups in total. The number of allylic oxidation sites excluding steroid dienone is 2. The van der Waals surface area contributed by atoms with Crippen LogP contribution in [0.25, 0.3) is 33.1 Å². The van der Waals surface area contributed by atoms with E-state index in [2.05, 4.69) is 23.2 Å². The summed E-state index contributed by atoms with van der Waals surface area (Å²) in [5.74, 6) is 1.43. The molecule has 0 aliphatic carbocycles. The van der Waals surface area contributed by atoms with Crippen LogP contribution in [0.15, 0.2) is 65.0 Å². The molecule has 0 aliphatic rings. The molecular weight excluding hydrogens is 629 g/mol. The van der Waals surface area contributed by atoms with Crippen LogP contribution in [0, 0.1) is 24.8 Å². The van der Waals surface area contributed by atoms with Crippen molar-refractivity contribution in [2.75, 3.05) is 0 Å². The zero-order valence-electron chi connectivity index (χ0n) is 21.7. The number of pyridine rings is 2. The summed E-state index contributed by atoms with van der Waals surface area (Å²) in [7, 11) is 0. The molecule has 1 radical (unpaired) electrons. The largest absolute Gasteiger partial charge is 0.512 e. The molecular formula is C30H35IrN2O3-. The van der Waals surface area contributed by atoms with Crippen molar-refractivity contribution in [2.24, 2.45) is 11.8 Å². The summed E-state index contributed by atoms with van der Waals surface area (Å²) in [6.45, 7) is 10.0. The zero-order chi connectivity index (χ0) is 25.4.